The van der Waals surface area contributed by atoms with Crippen molar-refractivity contribution in [2.24, 2.45) is 0 Å². The Balaban J connectivity index is 1.46. The van der Waals surface area contributed by atoms with Crippen LogP contribution in [-0.4, -0.2) is 30.6 Å². The van der Waals surface area contributed by atoms with Crippen LogP contribution in [0.5, 0.6) is 11.5 Å². The molecule has 0 spiro atoms. The van der Waals surface area contributed by atoms with E-state index in [-0.39, 0.29) is 5.91 Å². The van der Waals surface area contributed by atoms with Crippen molar-refractivity contribution in [1.82, 2.24) is 10.3 Å². The van der Waals surface area contributed by atoms with Gasteiger partial charge in [0, 0.05) is 23.9 Å². The number of nitrogens with one attached hydrogen (secondary N) is 1. The van der Waals surface area contributed by atoms with Gasteiger partial charge in [-0.15, -0.1) is 11.3 Å². The number of rotatable bonds is 9. The van der Waals surface area contributed by atoms with Crippen LogP contribution in [-0.2, 0) is 17.6 Å². The van der Waals surface area contributed by atoms with Crippen molar-refractivity contribution in [3.05, 3.63) is 65.2 Å². The third-order valence-corrected chi connectivity index (χ3v) is 5.52. The molecule has 0 aliphatic heterocycles. The SMILES string of the molecule is CCc1ccc(O[C@@H](C)C(=O)NCCc2csc(-c3ccc(OC)cc3)n2)cc1. The van der Waals surface area contributed by atoms with Crippen LogP contribution in [0.3, 0.4) is 0 Å². The predicted molar refractivity (Wildman–Crippen MR) is 117 cm³/mol. The van der Waals surface area contributed by atoms with Crippen molar-refractivity contribution in [2.75, 3.05) is 13.7 Å². The van der Waals surface area contributed by atoms with Crippen molar-refractivity contribution < 1.29 is 14.3 Å². The Bertz CT molecular complexity index is 920. The molecule has 152 valence electrons. The molecular formula is C23H26N2O3S. The molecule has 0 saturated heterocycles. The molecule has 1 atom stereocenters. The minimum atomic E-state index is -0.548. The average Bonchev–Trinajstić information content (AvgIpc) is 3.23. The van der Waals surface area contributed by atoms with Crippen molar-refractivity contribution >= 4 is 17.2 Å². The Hall–Kier alpha value is -2.86. The van der Waals surface area contributed by atoms with Gasteiger partial charge in [0.25, 0.3) is 5.91 Å². The first-order chi connectivity index (χ1) is 14.1. The second kappa shape index (κ2) is 10.1. The third-order valence-electron chi connectivity index (χ3n) is 4.58. The highest BCUT2D eigenvalue weighted by Crippen LogP contribution is 2.25. The molecule has 0 saturated carbocycles. The fraction of sp³-hybridized carbons (Fsp3) is 0.304. The number of hydrogen-bond donors (Lipinski definition) is 1. The number of amides is 1. The highest BCUT2D eigenvalue weighted by molar-refractivity contribution is 7.13. The van der Waals surface area contributed by atoms with Gasteiger partial charge in [0.15, 0.2) is 6.10 Å². The van der Waals surface area contributed by atoms with E-state index in [1.54, 1.807) is 25.4 Å². The molecule has 0 unspecified atom stereocenters. The first-order valence-electron chi connectivity index (χ1n) is 9.71. The number of hydrogen-bond acceptors (Lipinski definition) is 5. The van der Waals surface area contributed by atoms with E-state index in [0.717, 1.165) is 28.4 Å². The van der Waals surface area contributed by atoms with Gasteiger partial charge < -0.3 is 14.8 Å². The van der Waals surface area contributed by atoms with Crippen LogP contribution in [0.4, 0.5) is 0 Å². The number of aryl methyl sites for hydroxylation is 1. The lowest BCUT2D eigenvalue weighted by Crippen LogP contribution is -2.37. The number of aromatic nitrogens is 1. The first-order valence-corrected chi connectivity index (χ1v) is 10.6. The molecule has 3 rings (SSSR count). The highest BCUT2D eigenvalue weighted by atomic mass is 32.1. The van der Waals surface area contributed by atoms with Gasteiger partial charge in [0.2, 0.25) is 0 Å². The topological polar surface area (TPSA) is 60.5 Å². The lowest BCUT2D eigenvalue weighted by Gasteiger charge is -2.14. The minimum Gasteiger partial charge on any atom is -0.497 e. The largest absolute Gasteiger partial charge is 0.497 e. The maximum Gasteiger partial charge on any atom is 0.260 e. The van der Waals surface area contributed by atoms with E-state index in [4.69, 9.17) is 9.47 Å². The van der Waals surface area contributed by atoms with E-state index in [2.05, 4.69) is 17.2 Å². The van der Waals surface area contributed by atoms with Crippen LogP contribution in [0.25, 0.3) is 10.6 Å². The summed E-state index contributed by atoms with van der Waals surface area (Å²) >= 11 is 1.60. The Kier molecular flexibility index (Phi) is 7.25. The number of thiazole rings is 1. The average molecular weight is 411 g/mol. The zero-order chi connectivity index (χ0) is 20.6. The van der Waals surface area contributed by atoms with Crippen molar-refractivity contribution in [3.8, 4) is 22.1 Å². The van der Waals surface area contributed by atoms with Crippen molar-refractivity contribution in [3.63, 3.8) is 0 Å². The van der Waals surface area contributed by atoms with E-state index < -0.39 is 6.10 Å². The third kappa shape index (κ3) is 5.81. The molecule has 0 radical (unpaired) electrons. The van der Waals surface area contributed by atoms with Crippen molar-refractivity contribution in [2.45, 2.75) is 32.8 Å². The van der Waals surface area contributed by atoms with Gasteiger partial charge >= 0.3 is 0 Å². The second-order valence-electron chi connectivity index (χ2n) is 6.67. The van der Waals surface area contributed by atoms with Gasteiger partial charge in [-0.05, 0) is 55.3 Å². The summed E-state index contributed by atoms with van der Waals surface area (Å²) in [6.07, 6.45) is 1.11. The van der Waals surface area contributed by atoms with E-state index in [1.165, 1.54) is 5.56 Å². The summed E-state index contributed by atoms with van der Waals surface area (Å²) in [6, 6.07) is 15.7. The summed E-state index contributed by atoms with van der Waals surface area (Å²) in [4.78, 5) is 16.9. The summed E-state index contributed by atoms with van der Waals surface area (Å²) in [5, 5.41) is 5.91. The summed E-state index contributed by atoms with van der Waals surface area (Å²) in [7, 11) is 1.65. The summed E-state index contributed by atoms with van der Waals surface area (Å²) in [5.41, 5.74) is 3.26. The van der Waals surface area contributed by atoms with E-state index in [9.17, 15) is 4.79 Å². The molecule has 1 N–H and O–H groups in total. The maximum absolute atomic E-state index is 12.3. The van der Waals surface area contributed by atoms with E-state index in [1.807, 2.05) is 53.9 Å². The molecule has 1 amide bonds. The zero-order valence-electron chi connectivity index (χ0n) is 17.0. The molecule has 0 aliphatic rings. The smallest absolute Gasteiger partial charge is 0.260 e. The molecule has 6 heteroatoms. The molecule has 1 aromatic heterocycles. The second-order valence-corrected chi connectivity index (χ2v) is 7.53. The highest BCUT2D eigenvalue weighted by Gasteiger charge is 2.14. The predicted octanol–water partition coefficient (Wildman–Crippen LogP) is 4.51. The van der Waals surface area contributed by atoms with E-state index >= 15 is 0 Å². The number of nitrogens with zero attached hydrogens (tertiary/aromatic N) is 1. The summed E-state index contributed by atoms with van der Waals surface area (Å²) in [5.74, 6) is 1.40. The lowest BCUT2D eigenvalue weighted by molar-refractivity contribution is -0.127. The fourth-order valence-electron chi connectivity index (χ4n) is 2.81. The van der Waals surface area contributed by atoms with Crippen LogP contribution in [0, 0.1) is 0 Å². The van der Waals surface area contributed by atoms with Gasteiger partial charge in [0.05, 0.1) is 12.8 Å². The van der Waals surface area contributed by atoms with Gasteiger partial charge in [-0.2, -0.15) is 0 Å². The Morgan fingerprint density at radius 3 is 2.45 bits per heavy atom. The standard InChI is InChI=1S/C23H26N2O3S/c1-4-17-5-9-21(10-6-17)28-16(2)22(26)24-14-13-19-15-29-23(25-19)18-7-11-20(27-3)12-8-18/h5-12,15-16H,4,13-14H2,1-3H3,(H,24,26)/t16-/m0/s1. The minimum absolute atomic E-state index is 0.129. The Labute approximate surface area is 175 Å². The van der Waals surface area contributed by atoms with Gasteiger partial charge in [-0.3, -0.25) is 4.79 Å². The van der Waals surface area contributed by atoms with Gasteiger partial charge in [-0.25, -0.2) is 4.98 Å². The molecular weight excluding hydrogens is 384 g/mol. The summed E-state index contributed by atoms with van der Waals surface area (Å²) in [6.45, 7) is 4.38. The Morgan fingerprint density at radius 1 is 1.10 bits per heavy atom. The van der Waals surface area contributed by atoms with Crippen LogP contribution in [0.2, 0.25) is 0 Å². The van der Waals surface area contributed by atoms with Gasteiger partial charge in [-0.1, -0.05) is 19.1 Å². The molecule has 5 nitrogen and oxygen atoms in total. The van der Waals surface area contributed by atoms with Crippen LogP contribution in [0.15, 0.2) is 53.9 Å². The number of ether oxygens (including phenoxy) is 2. The maximum atomic E-state index is 12.3. The first kappa shape index (κ1) is 20.9. The zero-order valence-corrected chi connectivity index (χ0v) is 17.8. The summed E-state index contributed by atoms with van der Waals surface area (Å²) < 4.78 is 10.9. The quantitative estimate of drug-likeness (QED) is 0.564. The molecule has 2 aromatic carbocycles. The van der Waals surface area contributed by atoms with Gasteiger partial charge in [0.1, 0.15) is 16.5 Å². The Morgan fingerprint density at radius 2 is 1.79 bits per heavy atom. The molecule has 0 bridgehead atoms. The molecule has 0 aliphatic carbocycles. The van der Waals surface area contributed by atoms with Crippen LogP contribution in [0.1, 0.15) is 25.1 Å². The number of carbonyl (C=O) groups is 1. The molecule has 1 heterocycles. The monoisotopic (exact) mass is 410 g/mol. The number of carbonyl (C=O) groups excluding carboxylic acids is 1. The molecule has 3 aromatic rings. The number of methoxy groups -OCH3 is 1. The lowest BCUT2D eigenvalue weighted by atomic mass is 10.2. The fourth-order valence-corrected chi connectivity index (χ4v) is 3.67. The van der Waals surface area contributed by atoms with E-state index in [0.29, 0.717) is 18.7 Å². The normalized spacial score (nSPS) is 11.7. The molecule has 29 heavy (non-hydrogen) atoms. The van der Waals surface area contributed by atoms with Crippen LogP contribution < -0.4 is 14.8 Å². The van der Waals surface area contributed by atoms with Crippen LogP contribution >= 0.6 is 11.3 Å². The van der Waals surface area contributed by atoms with Crippen molar-refractivity contribution in [1.29, 1.82) is 0 Å². The molecule has 0 fully saturated rings. The number of benzene rings is 2.